The van der Waals surface area contributed by atoms with Crippen molar-refractivity contribution >= 4 is 12.1 Å². The van der Waals surface area contributed by atoms with Crippen molar-refractivity contribution in [1.29, 1.82) is 0 Å². The summed E-state index contributed by atoms with van der Waals surface area (Å²) in [5, 5.41) is 0. The first kappa shape index (κ1) is 21.4. The van der Waals surface area contributed by atoms with E-state index in [1.807, 2.05) is 27.7 Å². The molecular weight excluding hydrogens is 372 g/mol. The van der Waals surface area contributed by atoms with Crippen LogP contribution < -0.4 is 5.56 Å². The quantitative estimate of drug-likeness (QED) is 0.672. The summed E-state index contributed by atoms with van der Waals surface area (Å²) >= 11 is 0. The predicted octanol–water partition coefficient (Wildman–Crippen LogP) is 3.90. The number of amides is 1. The van der Waals surface area contributed by atoms with Gasteiger partial charge in [0.1, 0.15) is 11.2 Å². The molecule has 160 valence electrons. The van der Waals surface area contributed by atoms with E-state index in [1.165, 1.54) is 13.5 Å². The Morgan fingerprint density at radius 1 is 1.24 bits per heavy atom. The van der Waals surface area contributed by atoms with Gasteiger partial charge in [-0.15, -0.1) is 0 Å². The third kappa shape index (κ3) is 5.00. The molecule has 1 aromatic heterocycles. The van der Waals surface area contributed by atoms with Gasteiger partial charge >= 0.3 is 12.1 Å². The number of ether oxygens (including phenoxy) is 2. The maximum atomic E-state index is 13.0. The van der Waals surface area contributed by atoms with Gasteiger partial charge < -0.3 is 18.9 Å². The maximum absolute atomic E-state index is 13.0. The Morgan fingerprint density at radius 3 is 2.38 bits per heavy atom. The summed E-state index contributed by atoms with van der Waals surface area (Å²) in [5.41, 5.74) is -0.191. The number of rotatable bonds is 6. The zero-order valence-corrected chi connectivity index (χ0v) is 18.1. The van der Waals surface area contributed by atoms with E-state index >= 15 is 0 Å². The molecule has 0 unspecified atom stereocenters. The maximum Gasteiger partial charge on any atom is 0.410 e. The minimum atomic E-state index is -0.651. The zero-order chi connectivity index (χ0) is 21.3. The lowest BCUT2D eigenvalue weighted by atomic mass is 9.80. The molecule has 1 amide bonds. The van der Waals surface area contributed by atoms with E-state index in [4.69, 9.17) is 9.47 Å². The van der Waals surface area contributed by atoms with Crippen molar-refractivity contribution < 1.29 is 19.1 Å². The Labute approximate surface area is 172 Å². The number of hydrogen-bond acceptors (Lipinski definition) is 5. The average Bonchev–Trinajstić information content (AvgIpc) is 3.41. The van der Waals surface area contributed by atoms with Crippen LogP contribution in [0.5, 0.6) is 0 Å². The summed E-state index contributed by atoms with van der Waals surface area (Å²) in [4.78, 5) is 39.5. The van der Waals surface area contributed by atoms with Crippen LogP contribution in [0.25, 0.3) is 0 Å². The van der Waals surface area contributed by atoms with Crippen molar-refractivity contribution in [2.75, 3.05) is 7.11 Å². The molecular formula is C22H32N2O5. The summed E-state index contributed by atoms with van der Waals surface area (Å²) < 4.78 is 12.1. The van der Waals surface area contributed by atoms with E-state index in [2.05, 4.69) is 0 Å². The number of carbonyl (C=O) groups is 2. The van der Waals surface area contributed by atoms with Gasteiger partial charge in [-0.1, -0.05) is 6.42 Å². The summed E-state index contributed by atoms with van der Waals surface area (Å²) in [6.07, 6.45) is 6.59. The minimum Gasteiger partial charge on any atom is -0.465 e. The number of nitrogens with zero attached hydrogens (tertiary/aromatic N) is 2. The van der Waals surface area contributed by atoms with Crippen LogP contribution in [0.3, 0.4) is 0 Å². The average molecular weight is 405 g/mol. The molecule has 0 spiro atoms. The van der Waals surface area contributed by atoms with Crippen molar-refractivity contribution in [3.63, 3.8) is 0 Å². The number of aromatic nitrogens is 1. The number of esters is 1. The van der Waals surface area contributed by atoms with E-state index in [-0.39, 0.29) is 35.8 Å². The number of hydrogen-bond donors (Lipinski definition) is 0. The molecule has 29 heavy (non-hydrogen) atoms. The van der Waals surface area contributed by atoms with Gasteiger partial charge in [-0.2, -0.15) is 0 Å². The summed E-state index contributed by atoms with van der Waals surface area (Å²) in [6, 6.07) is 1.68. The van der Waals surface area contributed by atoms with Crippen LogP contribution in [0.15, 0.2) is 17.1 Å². The lowest BCUT2D eigenvalue weighted by Crippen LogP contribution is -2.46. The fourth-order valence-corrected chi connectivity index (χ4v) is 3.70. The lowest BCUT2D eigenvalue weighted by Gasteiger charge is -2.39. The third-order valence-corrected chi connectivity index (χ3v) is 5.75. The largest absolute Gasteiger partial charge is 0.465 e. The van der Waals surface area contributed by atoms with E-state index in [1.54, 1.807) is 21.7 Å². The Hall–Kier alpha value is -2.31. The zero-order valence-electron chi connectivity index (χ0n) is 18.1. The van der Waals surface area contributed by atoms with E-state index in [0.29, 0.717) is 5.92 Å². The molecule has 2 aliphatic carbocycles. The van der Waals surface area contributed by atoms with Crippen LogP contribution >= 0.6 is 0 Å². The van der Waals surface area contributed by atoms with Crippen molar-refractivity contribution in [3.8, 4) is 0 Å². The second-order valence-electron chi connectivity index (χ2n) is 9.24. The van der Waals surface area contributed by atoms with Gasteiger partial charge in [-0.05, 0) is 70.9 Å². The first-order valence-electron chi connectivity index (χ1n) is 10.4. The molecule has 0 N–H and O–H groups in total. The third-order valence-electron chi connectivity index (χ3n) is 5.75. The van der Waals surface area contributed by atoms with Crippen LogP contribution in [0.1, 0.15) is 81.8 Å². The van der Waals surface area contributed by atoms with Crippen LogP contribution in [0.4, 0.5) is 4.79 Å². The fraction of sp³-hybridized carbons (Fsp3) is 0.682. The summed E-state index contributed by atoms with van der Waals surface area (Å²) in [5.74, 6) is -0.209. The molecule has 7 nitrogen and oxygen atoms in total. The van der Waals surface area contributed by atoms with Gasteiger partial charge in [0.05, 0.1) is 13.7 Å². The molecule has 2 fully saturated rings. The van der Waals surface area contributed by atoms with Gasteiger partial charge in [0.2, 0.25) is 0 Å². The van der Waals surface area contributed by atoms with Crippen LogP contribution in [-0.2, 0) is 16.0 Å². The second-order valence-corrected chi connectivity index (χ2v) is 9.24. The molecule has 3 rings (SSSR count). The Bertz CT molecular complexity index is 831. The van der Waals surface area contributed by atoms with Gasteiger partial charge in [0.15, 0.2) is 0 Å². The first-order valence-corrected chi connectivity index (χ1v) is 10.4. The SMILES string of the molecule is COC(=O)c1cc(CN(C(=O)OC(C)(C)C)[C@@H](C)C2CCC2)cn(C2CC2)c1=O. The standard InChI is InChI=1S/C22H32N2O5/c1-14(16-7-6-8-16)23(21(27)29-22(2,3)4)12-15-11-18(20(26)28-5)19(25)24(13-15)17-9-10-17/h11,13-14,16-17H,6-10,12H2,1-5H3/t14-/m0/s1. The topological polar surface area (TPSA) is 77.8 Å². The van der Waals surface area contributed by atoms with Crippen LogP contribution in [0, 0.1) is 5.92 Å². The van der Waals surface area contributed by atoms with Gasteiger partial charge in [0, 0.05) is 18.3 Å². The van der Waals surface area contributed by atoms with Crippen LogP contribution in [-0.4, -0.2) is 40.3 Å². The van der Waals surface area contributed by atoms with Crippen molar-refractivity contribution in [1.82, 2.24) is 9.47 Å². The highest BCUT2D eigenvalue weighted by atomic mass is 16.6. The molecule has 0 saturated heterocycles. The van der Waals surface area contributed by atoms with E-state index in [0.717, 1.165) is 31.2 Å². The van der Waals surface area contributed by atoms with Crippen molar-refractivity contribution in [3.05, 3.63) is 33.7 Å². The van der Waals surface area contributed by atoms with Crippen molar-refractivity contribution in [2.45, 2.75) is 84.0 Å². The summed E-state index contributed by atoms with van der Waals surface area (Å²) in [6.45, 7) is 7.87. The Morgan fingerprint density at radius 2 is 1.90 bits per heavy atom. The molecule has 0 radical (unpaired) electrons. The smallest absolute Gasteiger partial charge is 0.410 e. The molecule has 1 atom stereocenters. The predicted molar refractivity (Wildman–Crippen MR) is 109 cm³/mol. The van der Waals surface area contributed by atoms with Gasteiger partial charge in [0.25, 0.3) is 5.56 Å². The lowest BCUT2D eigenvalue weighted by molar-refractivity contribution is 0.00355. The molecule has 1 aromatic rings. The highest BCUT2D eigenvalue weighted by Gasteiger charge is 2.34. The normalized spacial score (nSPS) is 18.0. The molecule has 0 aliphatic heterocycles. The fourth-order valence-electron chi connectivity index (χ4n) is 3.70. The van der Waals surface area contributed by atoms with Gasteiger partial charge in [-0.25, -0.2) is 9.59 Å². The second kappa shape index (κ2) is 8.20. The Balaban J connectivity index is 1.93. The number of carbonyl (C=O) groups excluding carboxylic acids is 2. The van der Waals surface area contributed by atoms with Crippen LogP contribution in [0.2, 0.25) is 0 Å². The Kier molecular flexibility index (Phi) is 6.05. The molecule has 7 heteroatoms. The number of pyridine rings is 1. The molecule has 1 heterocycles. The molecule has 0 aromatic carbocycles. The van der Waals surface area contributed by atoms with E-state index in [9.17, 15) is 14.4 Å². The molecule has 2 saturated carbocycles. The first-order chi connectivity index (χ1) is 13.6. The minimum absolute atomic E-state index is 0.0114. The van der Waals surface area contributed by atoms with Gasteiger partial charge in [-0.3, -0.25) is 4.79 Å². The van der Waals surface area contributed by atoms with Crippen molar-refractivity contribution in [2.24, 2.45) is 5.92 Å². The molecule has 0 bridgehead atoms. The monoisotopic (exact) mass is 404 g/mol. The number of methoxy groups -OCH3 is 1. The molecule has 2 aliphatic rings. The highest BCUT2D eigenvalue weighted by Crippen LogP contribution is 2.35. The highest BCUT2D eigenvalue weighted by molar-refractivity contribution is 5.89. The summed E-state index contributed by atoms with van der Waals surface area (Å²) in [7, 11) is 1.27. The van der Waals surface area contributed by atoms with E-state index < -0.39 is 11.6 Å².